The number of aryl methyl sites for hydroxylation is 1. The molecule has 0 saturated carbocycles. The van der Waals surface area contributed by atoms with Crippen molar-refractivity contribution in [1.29, 1.82) is 0 Å². The molecule has 2 heterocycles. The second kappa shape index (κ2) is 3.59. The highest BCUT2D eigenvalue weighted by Gasteiger charge is 2.23. The minimum Gasteiger partial charge on any atom is -0.478 e. The van der Waals surface area contributed by atoms with E-state index in [-0.39, 0.29) is 6.10 Å². The number of hydrogen-bond acceptors (Lipinski definition) is 3. The standard InChI is InChI=1S/C13H13NO2/c1-9-4-2-5-11-13(9)14-8-12(16-11)10-6-3-7-15-10/h2-7,12,14H,8H2,1H3. The molecule has 0 fully saturated rings. The van der Waals surface area contributed by atoms with Gasteiger partial charge < -0.3 is 14.5 Å². The molecule has 2 aromatic rings. The second-order valence-corrected chi connectivity index (χ2v) is 3.95. The van der Waals surface area contributed by atoms with Crippen LogP contribution in [-0.4, -0.2) is 6.54 Å². The Morgan fingerprint density at radius 3 is 3.00 bits per heavy atom. The number of hydrogen-bond donors (Lipinski definition) is 1. The van der Waals surface area contributed by atoms with E-state index >= 15 is 0 Å². The minimum atomic E-state index is -0.0377. The molecule has 1 atom stereocenters. The number of furan rings is 1. The van der Waals surface area contributed by atoms with E-state index in [4.69, 9.17) is 9.15 Å². The summed E-state index contributed by atoms with van der Waals surface area (Å²) in [5.41, 5.74) is 2.29. The molecule has 1 N–H and O–H groups in total. The molecule has 1 aromatic carbocycles. The smallest absolute Gasteiger partial charge is 0.173 e. The number of benzene rings is 1. The topological polar surface area (TPSA) is 34.4 Å². The molecule has 3 nitrogen and oxygen atoms in total. The van der Waals surface area contributed by atoms with E-state index in [1.807, 2.05) is 24.3 Å². The molecule has 16 heavy (non-hydrogen) atoms. The lowest BCUT2D eigenvalue weighted by atomic mass is 10.1. The summed E-state index contributed by atoms with van der Waals surface area (Å²) in [7, 11) is 0. The zero-order valence-corrected chi connectivity index (χ0v) is 9.07. The van der Waals surface area contributed by atoms with Gasteiger partial charge in [-0.2, -0.15) is 0 Å². The molecule has 1 unspecified atom stereocenters. The predicted octanol–water partition coefficient (Wildman–Crippen LogP) is 3.13. The molecule has 0 radical (unpaired) electrons. The van der Waals surface area contributed by atoms with Crippen molar-refractivity contribution < 1.29 is 9.15 Å². The summed E-state index contributed by atoms with van der Waals surface area (Å²) < 4.78 is 11.3. The first-order valence-corrected chi connectivity index (χ1v) is 5.38. The van der Waals surface area contributed by atoms with E-state index in [1.165, 1.54) is 5.56 Å². The Balaban J connectivity index is 1.92. The fraction of sp³-hybridized carbons (Fsp3) is 0.231. The summed E-state index contributed by atoms with van der Waals surface area (Å²) in [4.78, 5) is 0. The lowest BCUT2D eigenvalue weighted by Gasteiger charge is -2.27. The molecular weight excluding hydrogens is 202 g/mol. The number of nitrogens with one attached hydrogen (secondary N) is 1. The molecule has 1 aromatic heterocycles. The Morgan fingerprint density at radius 1 is 1.25 bits per heavy atom. The van der Waals surface area contributed by atoms with Crippen LogP contribution in [0.1, 0.15) is 17.4 Å². The first kappa shape index (κ1) is 9.33. The molecule has 3 heteroatoms. The zero-order valence-electron chi connectivity index (χ0n) is 9.07. The van der Waals surface area contributed by atoms with E-state index in [2.05, 4.69) is 18.3 Å². The van der Waals surface area contributed by atoms with E-state index in [1.54, 1.807) is 6.26 Å². The summed E-state index contributed by atoms with van der Waals surface area (Å²) in [6.07, 6.45) is 1.63. The van der Waals surface area contributed by atoms with Gasteiger partial charge in [-0.1, -0.05) is 12.1 Å². The minimum absolute atomic E-state index is 0.0377. The van der Waals surface area contributed by atoms with Crippen molar-refractivity contribution >= 4 is 5.69 Å². The number of para-hydroxylation sites is 1. The summed E-state index contributed by atoms with van der Waals surface area (Å²) in [6, 6.07) is 9.87. The normalized spacial score (nSPS) is 18.4. The highest BCUT2D eigenvalue weighted by Crippen LogP contribution is 2.36. The number of ether oxygens (including phenoxy) is 1. The molecular formula is C13H13NO2. The Hall–Kier alpha value is -1.90. The van der Waals surface area contributed by atoms with Crippen molar-refractivity contribution in [1.82, 2.24) is 0 Å². The third-order valence-corrected chi connectivity index (χ3v) is 2.83. The van der Waals surface area contributed by atoms with Crippen LogP contribution in [0.25, 0.3) is 0 Å². The van der Waals surface area contributed by atoms with Crippen LogP contribution in [-0.2, 0) is 0 Å². The fourth-order valence-electron chi connectivity index (χ4n) is 1.99. The van der Waals surface area contributed by atoms with Crippen molar-refractivity contribution in [3.05, 3.63) is 47.9 Å². The molecule has 0 spiro atoms. The van der Waals surface area contributed by atoms with Crippen LogP contribution in [0.15, 0.2) is 41.0 Å². The van der Waals surface area contributed by atoms with Gasteiger partial charge in [0.2, 0.25) is 0 Å². The maximum Gasteiger partial charge on any atom is 0.173 e. The van der Waals surface area contributed by atoms with Gasteiger partial charge in [-0.15, -0.1) is 0 Å². The highest BCUT2D eigenvalue weighted by molar-refractivity contribution is 5.63. The maximum atomic E-state index is 5.90. The van der Waals surface area contributed by atoms with Crippen molar-refractivity contribution in [3.8, 4) is 5.75 Å². The van der Waals surface area contributed by atoms with Crippen LogP contribution >= 0.6 is 0 Å². The molecule has 0 bridgehead atoms. The van der Waals surface area contributed by atoms with Crippen molar-refractivity contribution in [3.63, 3.8) is 0 Å². The van der Waals surface area contributed by atoms with E-state index in [0.29, 0.717) is 0 Å². The second-order valence-electron chi connectivity index (χ2n) is 3.95. The molecule has 3 rings (SSSR count). The summed E-state index contributed by atoms with van der Waals surface area (Å²) in [5.74, 6) is 1.76. The van der Waals surface area contributed by atoms with Crippen LogP contribution in [0.2, 0.25) is 0 Å². The number of rotatable bonds is 1. The lowest BCUT2D eigenvalue weighted by Crippen LogP contribution is -2.23. The summed E-state index contributed by atoms with van der Waals surface area (Å²) >= 11 is 0. The number of fused-ring (bicyclic) bond motifs is 1. The van der Waals surface area contributed by atoms with Gasteiger partial charge in [-0.3, -0.25) is 0 Å². The molecule has 0 amide bonds. The van der Waals surface area contributed by atoms with Crippen molar-refractivity contribution in [2.45, 2.75) is 13.0 Å². The molecule has 1 aliphatic heterocycles. The average molecular weight is 215 g/mol. The first-order chi connectivity index (χ1) is 7.84. The highest BCUT2D eigenvalue weighted by atomic mass is 16.5. The van der Waals surface area contributed by atoms with Crippen molar-refractivity contribution in [2.75, 3.05) is 11.9 Å². The maximum absolute atomic E-state index is 5.90. The molecule has 0 aliphatic carbocycles. The first-order valence-electron chi connectivity index (χ1n) is 5.38. The molecule has 82 valence electrons. The predicted molar refractivity (Wildman–Crippen MR) is 61.7 cm³/mol. The van der Waals surface area contributed by atoms with Gasteiger partial charge in [-0.05, 0) is 30.7 Å². The van der Waals surface area contributed by atoms with Crippen LogP contribution in [0, 0.1) is 6.92 Å². The van der Waals surface area contributed by atoms with Gasteiger partial charge in [0.05, 0.1) is 18.5 Å². The zero-order chi connectivity index (χ0) is 11.0. The van der Waals surface area contributed by atoms with Crippen molar-refractivity contribution in [2.24, 2.45) is 0 Å². The lowest BCUT2D eigenvalue weighted by molar-refractivity contribution is 0.181. The molecule has 1 aliphatic rings. The Bertz CT molecular complexity index is 491. The van der Waals surface area contributed by atoms with Crippen LogP contribution < -0.4 is 10.1 Å². The SMILES string of the molecule is Cc1cccc2c1NCC(c1ccco1)O2. The Kier molecular flexibility index (Phi) is 2.10. The average Bonchev–Trinajstić information content (AvgIpc) is 2.82. The van der Waals surface area contributed by atoms with E-state index in [0.717, 1.165) is 23.7 Å². The molecule has 0 saturated heterocycles. The Labute approximate surface area is 94.0 Å². The van der Waals surface area contributed by atoms with Gasteiger partial charge in [-0.25, -0.2) is 0 Å². The fourth-order valence-corrected chi connectivity index (χ4v) is 1.99. The van der Waals surface area contributed by atoms with Gasteiger partial charge in [0, 0.05) is 0 Å². The van der Waals surface area contributed by atoms with Crippen LogP contribution in [0.3, 0.4) is 0 Å². The van der Waals surface area contributed by atoms with Gasteiger partial charge >= 0.3 is 0 Å². The third kappa shape index (κ3) is 1.45. The summed E-state index contributed by atoms with van der Waals surface area (Å²) in [5, 5.41) is 3.38. The summed E-state index contributed by atoms with van der Waals surface area (Å²) in [6.45, 7) is 2.81. The quantitative estimate of drug-likeness (QED) is 0.793. The van der Waals surface area contributed by atoms with Crippen LogP contribution in [0.4, 0.5) is 5.69 Å². The van der Waals surface area contributed by atoms with Gasteiger partial charge in [0.15, 0.2) is 6.10 Å². The van der Waals surface area contributed by atoms with Gasteiger partial charge in [0.25, 0.3) is 0 Å². The monoisotopic (exact) mass is 215 g/mol. The number of anilines is 1. The van der Waals surface area contributed by atoms with Gasteiger partial charge in [0.1, 0.15) is 11.5 Å². The Morgan fingerprint density at radius 2 is 2.19 bits per heavy atom. The largest absolute Gasteiger partial charge is 0.478 e. The van der Waals surface area contributed by atoms with E-state index in [9.17, 15) is 0 Å². The third-order valence-electron chi connectivity index (χ3n) is 2.83. The van der Waals surface area contributed by atoms with Crippen LogP contribution in [0.5, 0.6) is 5.75 Å². The van der Waals surface area contributed by atoms with E-state index < -0.39 is 0 Å².